The lowest BCUT2D eigenvalue weighted by Crippen LogP contribution is -2.21. The van der Waals surface area contributed by atoms with E-state index in [9.17, 15) is 4.79 Å². The van der Waals surface area contributed by atoms with Gasteiger partial charge in [-0.05, 0) is 44.4 Å². The van der Waals surface area contributed by atoms with Gasteiger partial charge in [-0.15, -0.1) is 11.3 Å². The van der Waals surface area contributed by atoms with Gasteiger partial charge in [-0.3, -0.25) is 4.79 Å². The quantitative estimate of drug-likeness (QED) is 0.770. The van der Waals surface area contributed by atoms with E-state index in [1.165, 1.54) is 18.4 Å². The first-order valence-corrected chi connectivity index (χ1v) is 8.53. The fourth-order valence-corrected chi connectivity index (χ4v) is 3.75. The van der Waals surface area contributed by atoms with E-state index < -0.39 is 0 Å². The molecular formula is C16H24N2OS. The van der Waals surface area contributed by atoms with Gasteiger partial charge in [0, 0.05) is 17.5 Å². The van der Waals surface area contributed by atoms with Gasteiger partial charge in [0.2, 0.25) is 0 Å². The van der Waals surface area contributed by atoms with E-state index in [0.29, 0.717) is 17.9 Å². The summed E-state index contributed by atoms with van der Waals surface area (Å²) in [5, 5.41) is 4.74. The van der Waals surface area contributed by atoms with Crippen LogP contribution in [0.4, 0.5) is 10.7 Å². The van der Waals surface area contributed by atoms with E-state index in [4.69, 9.17) is 5.73 Å². The lowest BCUT2D eigenvalue weighted by Gasteiger charge is -2.18. The number of thiophene rings is 1. The number of nitrogens with one attached hydrogen (secondary N) is 1. The molecule has 0 aromatic carbocycles. The Balaban J connectivity index is 1.91. The first-order valence-electron chi connectivity index (χ1n) is 7.72. The van der Waals surface area contributed by atoms with Crippen LogP contribution in [-0.4, -0.2) is 11.8 Å². The zero-order valence-corrected chi connectivity index (χ0v) is 13.3. The van der Waals surface area contributed by atoms with Crippen LogP contribution >= 0.6 is 11.3 Å². The maximum Gasteiger partial charge on any atom is 0.178 e. The van der Waals surface area contributed by atoms with Gasteiger partial charge in [-0.2, -0.15) is 0 Å². The summed E-state index contributed by atoms with van der Waals surface area (Å²) in [4.78, 5) is 13.2. The van der Waals surface area contributed by atoms with Crippen molar-refractivity contribution < 1.29 is 4.79 Å². The first kappa shape index (κ1) is 13.9. The second kappa shape index (κ2) is 5.06. The maximum absolute atomic E-state index is 12.4. The fraction of sp³-hybridized carbons (Fsp3) is 0.688. The summed E-state index contributed by atoms with van der Waals surface area (Å²) in [6.45, 7) is 6.61. The molecule has 2 saturated carbocycles. The number of nitrogen functional groups attached to an aromatic ring is 1. The Morgan fingerprint density at radius 1 is 1.25 bits per heavy atom. The fourth-order valence-electron chi connectivity index (χ4n) is 2.43. The van der Waals surface area contributed by atoms with Gasteiger partial charge in [-0.1, -0.05) is 13.8 Å². The van der Waals surface area contributed by atoms with Crippen LogP contribution in [0, 0.1) is 11.8 Å². The molecule has 4 heteroatoms. The van der Waals surface area contributed by atoms with Crippen molar-refractivity contribution >= 4 is 27.8 Å². The number of anilines is 2. The zero-order valence-electron chi connectivity index (χ0n) is 12.5. The molecule has 1 aromatic rings. The average molecular weight is 292 g/mol. The van der Waals surface area contributed by atoms with E-state index in [2.05, 4.69) is 26.1 Å². The van der Waals surface area contributed by atoms with E-state index in [0.717, 1.165) is 28.4 Å². The van der Waals surface area contributed by atoms with Crippen LogP contribution in [0.3, 0.4) is 0 Å². The summed E-state index contributed by atoms with van der Waals surface area (Å²) in [6.07, 6.45) is 4.51. The van der Waals surface area contributed by atoms with Crippen molar-refractivity contribution in [1.82, 2.24) is 0 Å². The molecule has 0 aliphatic heterocycles. The highest BCUT2D eigenvalue weighted by Gasteiger charge is 2.37. The molecule has 3 nitrogen and oxygen atoms in total. The molecule has 0 spiro atoms. The number of rotatable bonds is 6. The summed E-state index contributed by atoms with van der Waals surface area (Å²) in [5.74, 6) is 1.67. The standard InChI is InChI=1S/C16H24N2OS/c1-8(2)9(3)18-16-12(10-4-5-10)13(17)15(20-16)14(19)11-6-7-11/h8-11,18H,4-7,17H2,1-3H3. The number of Topliss-reactive ketones (excluding diaryl/α,β-unsaturated/α-hetero) is 1. The molecule has 2 fully saturated rings. The molecule has 0 bridgehead atoms. The Labute approximate surface area is 124 Å². The maximum atomic E-state index is 12.4. The molecule has 0 radical (unpaired) electrons. The topological polar surface area (TPSA) is 55.1 Å². The second-order valence-electron chi connectivity index (χ2n) is 6.68. The summed E-state index contributed by atoms with van der Waals surface area (Å²) >= 11 is 1.59. The highest BCUT2D eigenvalue weighted by Crippen LogP contribution is 2.52. The third kappa shape index (κ3) is 2.58. The minimum atomic E-state index is 0.248. The molecule has 1 atom stereocenters. The number of ketones is 1. The number of nitrogens with two attached hydrogens (primary N) is 1. The van der Waals surface area contributed by atoms with Crippen molar-refractivity contribution in [3.63, 3.8) is 0 Å². The van der Waals surface area contributed by atoms with E-state index >= 15 is 0 Å². The van der Waals surface area contributed by atoms with Crippen LogP contribution in [0.15, 0.2) is 0 Å². The summed E-state index contributed by atoms with van der Waals surface area (Å²) in [5.41, 5.74) is 8.31. The Bertz CT molecular complexity index is 527. The lowest BCUT2D eigenvalue weighted by molar-refractivity contribution is 0.0972. The summed E-state index contributed by atoms with van der Waals surface area (Å²) in [7, 11) is 0. The third-order valence-corrected chi connectivity index (χ3v) is 5.67. The predicted octanol–water partition coefficient (Wildman–Crippen LogP) is 4.26. The van der Waals surface area contributed by atoms with Crippen LogP contribution in [-0.2, 0) is 0 Å². The Morgan fingerprint density at radius 3 is 2.40 bits per heavy atom. The van der Waals surface area contributed by atoms with Gasteiger partial charge < -0.3 is 11.1 Å². The van der Waals surface area contributed by atoms with Crippen molar-refractivity contribution in [2.75, 3.05) is 11.1 Å². The molecule has 1 aromatic heterocycles. The predicted molar refractivity (Wildman–Crippen MR) is 85.7 cm³/mol. The van der Waals surface area contributed by atoms with Crippen LogP contribution in [0.1, 0.15) is 67.6 Å². The van der Waals surface area contributed by atoms with Crippen LogP contribution < -0.4 is 11.1 Å². The molecular weight excluding hydrogens is 268 g/mol. The largest absolute Gasteiger partial charge is 0.397 e. The Hall–Kier alpha value is -1.03. The molecule has 2 aliphatic carbocycles. The van der Waals surface area contributed by atoms with E-state index in [1.807, 2.05) is 0 Å². The van der Waals surface area contributed by atoms with Gasteiger partial charge in [0.15, 0.2) is 5.78 Å². The van der Waals surface area contributed by atoms with Crippen molar-refractivity contribution in [1.29, 1.82) is 0 Å². The SMILES string of the molecule is CC(C)C(C)Nc1sc(C(=O)C2CC2)c(N)c1C1CC1. The molecule has 3 rings (SSSR count). The van der Waals surface area contributed by atoms with Crippen LogP contribution in [0.2, 0.25) is 0 Å². The second-order valence-corrected chi connectivity index (χ2v) is 7.70. The smallest absolute Gasteiger partial charge is 0.178 e. The third-order valence-electron chi connectivity index (χ3n) is 4.50. The van der Waals surface area contributed by atoms with Crippen LogP contribution in [0.25, 0.3) is 0 Å². The number of hydrogen-bond donors (Lipinski definition) is 2. The number of carbonyl (C=O) groups is 1. The molecule has 1 unspecified atom stereocenters. The highest BCUT2D eigenvalue weighted by molar-refractivity contribution is 7.19. The van der Waals surface area contributed by atoms with E-state index in [-0.39, 0.29) is 11.7 Å². The Kier molecular flexibility index (Phi) is 3.53. The average Bonchev–Trinajstić information content (AvgIpc) is 3.26. The lowest BCUT2D eigenvalue weighted by atomic mass is 10.1. The molecule has 1 heterocycles. The van der Waals surface area contributed by atoms with Crippen molar-refractivity contribution in [2.45, 2.75) is 58.4 Å². The van der Waals surface area contributed by atoms with Crippen molar-refractivity contribution in [2.24, 2.45) is 11.8 Å². The highest BCUT2D eigenvalue weighted by atomic mass is 32.1. The molecule has 3 N–H and O–H groups in total. The molecule has 0 saturated heterocycles. The monoisotopic (exact) mass is 292 g/mol. The summed E-state index contributed by atoms with van der Waals surface area (Å²) < 4.78 is 0. The van der Waals surface area contributed by atoms with Crippen molar-refractivity contribution in [3.05, 3.63) is 10.4 Å². The number of hydrogen-bond acceptors (Lipinski definition) is 4. The molecule has 2 aliphatic rings. The van der Waals surface area contributed by atoms with Crippen molar-refractivity contribution in [3.8, 4) is 0 Å². The van der Waals surface area contributed by atoms with E-state index in [1.54, 1.807) is 11.3 Å². The van der Waals surface area contributed by atoms with Gasteiger partial charge in [0.25, 0.3) is 0 Å². The van der Waals surface area contributed by atoms with Gasteiger partial charge >= 0.3 is 0 Å². The summed E-state index contributed by atoms with van der Waals surface area (Å²) in [6, 6.07) is 0.398. The normalized spacial score (nSPS) is 20.2. The van der Waals surface area contributed by atoms with Gasteiger partial charge in [0.05, 0.1) is 15.6 Å². The van der Waals surface area contributed by atoms with Gasteiger partial charge in [-0.25, -0.2) is 0 Å². The van der Waals surface area contributed by atoms with Gasteiger partial charge in [0.1, 0.15) is 0 Å². The minimum Gasteiger partial charge on any atom is -0.397 e. The number of carbonyl (C=O) groups excluding carboxylic acids is 1. The molecule has 0 amide bonds. The Morgan fingerprint density at radius 2 is 1.90 bits per heavy atom. The first-order chi connectivity index (χ1) is 9.49. The zero-order chi connectivity index (χ0) is 14.4. The molecule has 20 heavy (non-hydrogen) atoms. The minimum absolute atomic E-state index is 0.248. The van der Waals surface area contributed by atoms with Crippen LogP contribution in [0.5, 0.6) is 0 Å². The molecule has 110 valence electrons.